The molecular formula is C14H11FN2O2. The molecule has 19 heavy (non-hydrogen) atoms. The summed E-state index contributed by atoms with van der Waals surface area (Å²) in [5.74, 6) is -0.152. The number of rotatable bonds is 3. The van der Waals surface area contributed by atoms with Crippen molar-refractivity contribution < 1.29 is 14.2 Å². The molecular weight excluding hydrogens is 247 g/mol. The molecule has 0 bridgehead atoms. The Hall–Kier alpha value is -2.45. The summed E-state index contributed by atoms with van der Waals surface area (Å²) in [6, 6.07) is 8.91. The Labute approximate surface area is 109 Å². The third kappa shape index (κ3) is 3.06. The highest BCUT2D eigenvalue weighted by molar-refractivity contribution is 5.38. The molecule has 0 aliphatic carbocycles. The van der Waals surface area contributed by atoms with E-state index in [-0.39, 0.29) is 17.2 Å². The summed E-state index contributed by atoms with van der Waals surface area (Å²) in [5, 5.41) is 18.1. The van der Waals surface area contributed by atoms with E-state index in [0.717, 1.165) is 6.07 Å². The SMILES string of the molecule is C[C@@H](O)c1ccnc(Oc2ccc(C#N)c(F)c2)c1. The van der Waals surface area contributed by atoms with Gasteiger partial charge in [-0.2, -0.15) is 5.26 Å². The smallest absolute Gasteiger partial charge is 0.219 e. The van der Waals surface area contributed by atoms with Gasteiger partial charge in [0.05, 0.1) is 11.7 Å². The van der Waals surface area contributed by atoms with Crippen molar-refractivity contribution in [3.8, 4) is 17.7 Å². The molecule has 2 aromatic rings. The Balaban J connectivity index is 2.24. The van der Waals surface area contributed by atoms with Crippen molar-refractivity contribution in [2.75, 3.05) is 0 Å². The average Bonchev–Trinajstić information content (AvgIpc) is 2.39. The van der Waals surface area contributed by atoms with Crippen molar-refractivity contribution in [1.29, 1.82) is 5.26 Å². The Bertz CT molecular complexity index is 636. The zero-order chi connectivity index (χ0) is 13.8. The number of pyridine rings is 1. The van der Waals surface area contributed by atoms with Gasteiger partial charge in [0, 0.05) is 18.3 Å². The van der Waals surface area contributed by atoms with Crippen LogP contribution in [0.5, 0.6) is 11.6 Å². The number of nitrogens with zero attached hydrogens (tertiary/aromatic N) is 2. The van der Waals surface area contributed by atoms with Crippen LogP contribution in [0.2, 0.25) is 0 Å². The van der Waals surface area contributed by atoms with Crippen LogP contribution in [-0.4, -0.2) is 10.1 Å². The summed E-state index contributed by atoms with van der Waals surface area (Å²) < 4.78 is 18.8. The predicted molar refractivity (Wildman–Crippen MR) is 66.1 cm³/mol. The van der Waals surface area contributed by atoms with Crippen molar-refractivity contribution in [2.24, 2.45) is 0 Å². The first-order valence-electron chi connectivity index (χ1n) is 5.61. The topological polar surface area (TPSA) is 66.1 Å². The van der Waals surface area contributed by atoms with Crippen LogP contribution in [0.15, 0.2) is 36.5 Å². The van der Waals surface area contributed by atoms with Gasteiger partial charge in [-0.15, -0.1) is 0 Å². The molecule has 1 N–H and O–H groups in total. The molecule has 0 unspecified atom stereocenters. The van der Waals surface area contributed by atoms with Crippen LogP contribution >= 0.6 is 0 Å². The van der Waals surface area contributed by atoms with E-state index < -0.39 is 11.9 Å². The zero-order valence-corrected chi connectivity index (χ0v) is 10.2. The van der Waals surface area contributed by atoms with Crippen molar-refractivity contribution in [1.82, 2.24) is 4.98 Å². The molecule has 1 atom stereocenters. The Morgan fingerprint density at radius 2 is 2.16 bits per heavy atom. The van der Waals surface area contributed by atoms with Crippen molar-refractivity contribution in [2.45, 2.75) is 13.0 Å². The first kappa shape index (κ1) is 13.0. The molecule has 0 aliphatic heterocycles. The highest BCUT2D eigenvalue weighted by Crippen LogP contribution is 2.23. The summed E-state index contributed by atoms with van der Waals surface area (Å²) in [5.41, 5.74) is 0.608. The third-order valence-electron chi connectivity index (χ3n) is 2.52. The normalized spacial score (nSPS) is 11.7. The minimum atomic E-state index is -0.647. The van der Waals surface area contributed by atoms with Crippen LogP contribution in [-0.2, 0) is 0 Å². The van der Waals surface area contributed by atoms with E-state index >= 15 is 0 Å². The van der Waals surface area contributed by atoms with Crippen molar-refractivity contribution in [3.63, 3.8) is 0 Å². The van der Waals surface area contributed by atoms with Gasteiger partial charge in [-0.1, -0.05) is 0 Å². The molecule has 0 aliphatic rings. The Morgan fingerprint density at radius 1 is 1.37 bits per heavy atom. The van der Waals surface area contributed by atoms with Gasteiger partial charge in [0.25, 0.3) is 0 Å². The lowest BCUT2D eigenvalue weighted by molar-refractivity contribution is 0.198. The number of ether oxygens (including phenoxy) is 1. The zero-order valence-electron chi connectivity index (χ0n) is 10.2. The molecule has 2 rings (SSSR count). The van der Waals surface area contributed by atoms with E-state index in [4.69, 9.17) is 10.00 Å². The summed E-state index contributed by atoms with van der Waals surface area (Å²) in [6.45, 7) is 1.63. The number of aliphatic hydroxyl groups is 1. The van der Waals surface area contributed by atoms with Gasteiger partial charge in [-0.25, -0.2) is 9.37 Å². The van der Waals surface area contributed by atoms with Crippen LogP contribution in [0, 0.1) is 17.1 Å². The largest absolute Gasteiger partial charge is 0.439 e. The number of benzene rings is 1. The maximum atomic E-state index is 13.4. The highest BCUT2D eigenvalue weighted by atomic mass is 19.1. The second-order valence-electron chi connectivity index (χ2n) is 3.96. The molecule has 96 valence electrons. The summed E-state index contributed by atoms with van der Waals surface area (Å²) in [4.78, 5) is 3.97. The van der Waals surface area contributed by atoms with E-state index in [1.807, 2.05) is 0 Å². The minimum absolute atomic E-state index is 0.0435. The third-order valence-corrected chi connectivity index (χ3v) is 2.52. The highest BCUT2D eigenvalue weighted by Gasteiger charge is 2.07. The molecule has 0 radical (unpaired) electrons. The van der Waals surface area contributed by atoms with Gasteiger partial charge in [0.1, 0.15) is 17.6 Å². The van der Waals surface area contributed by atoms with Crippen molar-refractivity contribution >= 4 is 0 Å². The lowest BCUT2D eigenvalue weighted by atomic mass is 10.2. The fraction of sp³-hybridized carbons (Fsp3) is 0.143. The molecule has 5 heteroatoms. The number of aliphatic hydroxyl groups excluding tert-OH is 1. The van der Waals surface area contributed by atoms with Gasteiger partial charge in [0.15, 0.2) is 0 Å². The fourth-order valence-corrected chi connectivity index (χ4v) is 1.51. The lowest BCUT2D eigenvalue weighted by Crippen LogP contribution is -1.94. The first-order chi connectivity index (χ1) is 9.10. The number of nitriles is 1. The summed E-state index contributed by atoms with van der Waals surface area (Å²) >= 11 is 0. The molecule has 1 heterocycles. The molecule has 0 fully saturated rings. The maximum Gasteiger partial charge on any atom is 0.219 e. The van der Waals surface area contributed by atoms with E-state index in [2.05, 4.69) is 4.98 Å². The molecule has 0 saturated carbocycles. The summed E-state index contributed by atoms with van der Waals surface area (Å²) in [6.07, 6.45) is 0.861. The average molecular weight is 258 g/mol. The quantitative estimate of drug-likeness (QED) is 0.919. The Kier molecular flexibility index (Phi) is 3.74. The second kappa shape index (κ2) is 5.46. The van der Waals surface area contributed by atoms with E-state index in [0.29, 0.717) is 5.56 Å². The summed E-state index contributed by atoms with van der Waals surface area (Å²) in [7, 11) is 0. The van der Waals surface area contributed by atoms with Crippen LogP contribution in [0.3, 0.4) is 0 Å². The molecule has 1 aromatic carbocycles. The monoisotopic (exact) mass is 258 g/mol. The van der Waals surface area contributed by atoms with E-state index in [1.165, 1.54) is 18.3 Å². The lowest BCUT2D eigenvalue weighted by Gasteiger charge is -2.08. The van der Waals surface area contributed by atoms with E-state index in [9.17, 15) is 9.50 Å². The van der Waals surface area contributed by atoms with Crippen LogP contribution in [0.25, 0.3) is 0 Å². The number of hydrogen-bond acceptors (Lipinski definition) is 4. The molecule has 0 spiro atoms. The molecule has 1 aromatic heterocycles. The molecule has 0 saturated heterocycles. The van der Waals surface area contributed by atoms with Crippen LogP contribution in [0.1, 0.15) is 24.2 Å². The number of hydrogen-bond donors (Lipinski definition) is 1. The van der Waals surface area contributed by atoms with Gasteiger partial charge in [-0.3, -0.25) is 0 Å². The maximum absolute atomic E-state index is 13.4. The van der Waals surface area contributed by atoms with Gasteiger partial charge in [0.2, 0.25) is 5.88 Å². The number of halogens is 1. The first-order valence-corrected chi connectivity index (χ1v) is 5.61. The number of aromatic nitrogens is 1. The van der Waals surface area contributed by atoms with Crippen molar-refractivity contribution in [3.05, 3.63) is 53.5 Å². The molecule has 4 nitrogen and oxygen atoms in total. The second-order valence-corrected chi connectivity index (χ2v) is 3.96. The molecule has 0 amide bonds. The fourth-order valence-electron chi connectivity index (χ4n) is 1.51. The van der Waals surface area contributed by atoms with Gasteiger partial charge >= 0.3 is 0 Å². The Morgan fingerprint density at radius 3 is 2.79 bits per heavy atom. The predicted octanol–water partition coefficient (Wildman–Crippen LogP) is 2.94. The van der Waals surface area contributed by atoms with Crippen LogP contribution in [0.4, 0.5) is 4.39 Å². The van der Waals surface area contributed by atoms with E-state index in [1.54, 1.807) is 25.1 Å². The standard InChI is InChI=1S/C14H11FN2O2/c1-9(18)10-4-5-17-14(6-10)19-12-3-2-11(8-16)13(15)7-12/h2-7,9,18H,1H3/t9-/m1/s1. The van der Waals surface area contributed by atoms with Crippen LogP contribution < -0.4 is 4.74 Å². The van der Waals surface area contributed by atoms with Gasteiger partial charge < -0.3 is 9.84 Å². The van der Waals surface area contributed by atoms with Gasteiger partial charge in [-0.05, 0) is 30.7 Å². The minimum Gasteiger partial charge on any atom is -0.439 e.